The fourth-order valence-corrected chi connectivity index (χ4v) is 4.26. The number of rotatable bonds is 13. The van der Waals surface area contributed by atoms with Crippen LogP contribution in [0.2, 0.25) is 0 Å². The van der Waals surface area contributed by atoms with Crippen molar-refractivity contribution in [1.29, 1.82) is 0 Å². The van der Waals surface area contributed by atoms with E-state index in [1.54, 1.807) is 20.8 Å². The smallest absolute Gasteiger partial charge is 0.428 e. The van der Waals surface area contributed by atoms with E-state index in [0.717, 1.165) is 0 Å². The fourth-order valence-electron chi connectivity index (χ4n) is 4.00. The van der Waals surface area contributed by atoms with Crippen molar-refractivity contribution in [2.45, 2.75) is 90.1 Å². The maximum Gasteiger partial charge on any atom is 0.516 e. The summed E-state index contributed by atoms with van der Waals surface area (Å²) >= 11 is 4.10. The van der Waals surface area contributed by atoms with Gasteiger partial charge in [0.1, 0.15) is 29.8 Å². The molecule has 41 heavy (non-hydrogen) atoms. The summed E-state index contributed by atoms with van der Waals surface area (Å²) in [5.74, 6) is -4.94. The fraction of sp³-hybridized carbons (Fsp3) is 0.720. The molecule has 0 saturated carbocycles. The van der Waals surface area contributed by atoms with Crippen LogP contribution in [0.3, 0.4) is 0 Å². The first-order valence-corrected chi connectivity index (χ1v) is 13.9. The van der Waals surface area contributed by atoms with Crippen molar-refractivity contribution in [2.75, 3.05) is 18.8 Å². The number of nitrogens with two attached hydrogens (primary N) is 2. The van der Waals surface area contributed by atoms with Crippen LogP contribution < -0.4 is 27.4 Å². The van der Waals surface area contributed by atoms with E-state index >= 15 is 0 Å². The Morgan fingerprint density at radius 3 is 2.15 bits per heavy atom. The third-order valence-electron chi connectivity index (χ3n) is 5.76. The first-order valence-electron chi connectivity index (χ1n) is 13.2. The molecule has 4 unspecified atom stereocenters. The predicted molar refractivity (Wildman–Crippen MR) is 149 cm³/mol. The number of primary amides is 1. The molecular formula is C25H42N6O9S. The number of carbonyl (C=O) groups is 7. The lowest BCUT2D eigenvalue weighted by Crippen LogP contribution is -2.58. The Kier molecular flexibility index (Phi) is 14.0. The lowest BCUT2D eigenvalue weighted by atomic mass is 10.0. The number of thiol groups is 1. The molecule has 0 aromatic heterocycles. The SMILES string of the molecule is CC(C)CC(NC(=O)CN)C(=O)N1CCCC1C(=O)NC(CS)C(=O)NC(CC(N)=O)C(=O)OC(=O)OC(C)(C)C. The molecule has 1 aliphatic heterocycles. The van der Waals surface area contributed by atoms with Crippen molar-refractivity contribution in [1.82, 2.24) is 20.9 Å². The lowest BCUT2D eigenvalue weighted by molar-refractivity contribution is -0.147. The van der Waals surface area contributed by atoms with Crippen LogP contribution in [-0.2, 0) is 38.2 Å². The topological polar surface area (TPSA) is 229 Å². The molecule has 15 nitrogen and oxygen atoms in total. The molecule has 7 N–H and O–H groups in total. The highest BCUT2D eigenvalue weighted by atomic mass is 32.1. The maximum atomic E-state index is 13.3. The van der Waals surface area contributed by atoms with Gasteiger partial charge in [-0.1, -0.05) is 13.8 Å². The van der Waals surface area contributed by atoms with Gasteiger partial charge in [-0.15, -0.1) is 0 Å². The van der Waals surface area contributed by atoms with Crippen LogP contribution in [0.25, 0.3) is 0 Å². The van der Waals surface area contributed by atoms with Crippen LogP contribution in [0.5, 0.6) is 0 Å². The molecule has 0 radical (unpaired) electrons. The van der Waals surface area contributed by atoms with Crippen LogP contribution in [0.15, 0.2) is 0 Å². The van der Waals surface area contributed by atoms with Gasteiger partial charge in [-0.25, -0.2) is 9.59 Å². The van der Waals surface area contributed by atoms with Gasteiger partial charge in [0, 0.05) is 12.3 Å². The van der Waals surface area contributed by atoms with Crippen molar-refractivity contribution in [3.8, 4) is 0 Å². The maximum absolute atomic E-state index is 13.3. The molecule has 1 heterocycles. The van der Waals surface area contributed by atoms with E-state index in [9.17, 15) is 33.6 Å². The molecular weight excluding hydrogens is 560 g/mol. The molecule has 0 aromatic rings. The van der Waals surface area contributed by atoms with Gasteiger partial charge in [0.15, 0.2) is 0 Å². The molecule has 1 fully saturated rings. The summed E-state index contributed by atoms with van der Waals surface area (Å²) in [5.41, 5.74) is 9.59. The van der Waals surface area contributed by atoms with Crippen LogP contribution >= 0.6 is 12.6 Å². The summed E-state index contributed by atoms with van der Waals surface area (Å²) in [7, 11) is 0. The highest BCUT2D eigenvalue weighted by molar-refractivity contribution is 7.80. The Morgan fingerprint density at radius 2 is 1.63 bits per heavy atom. The monoisotopic (exact) mass is 602 g/mol. The van der Waals surface area contributed by atoms with Gasteiger partial charge in [-0.3, -0.25) is 24.0 Å². The quantitative estimate of drug-likeness (QED) is 0.0831. The van der Waals surface area contributed by atoms with E-state index in [2.05, 4.69) is 33.3 Å². The summed E-state index contributed by atoms with van der Waals surface area (Å²) in [5, 5.41) is 7.35. The number of nitrogens with one attached hydrogen (secondary N) is 3. The zero-order valence-electron chi connectivity index (χ0n) is 24.1. The van der Waals surface area contributed by atoms with E-state index in [-0.39, 0.29) is 24.8 Å². The summed E-state index contributed by atoms with van der Waals surface area (Å²) in [4.78, 5) is 88.5. The summed E-state index contributed by atoms with van der Waals surface area (Å²) in [6, 6.07) is -4.76. The number of ether oxygens (including phenoxy) is 2. The average Bonchev–Trinajstić information content (AvgIpc) is 3.34. The number of likely N-dealkylation sites (tertiary alicyclic amines) is 1. The first-order chi connectivity index (χ1) is 19.0. The number of hydrogen-bond acceptors (Lipinski definition) is 11. The molecule has 1 aliphatic rings. The number of nitrogens with zero attached hydrogens (tertiary/aromatic N) is 1. The second-order valence-electron chi connectivity index (χ2n) is 11.0. The lowest BCUT2D eigenvalue weighted by Gasteiger charge is -2.30. The predicted octanol–water partition coefficient (Wildman–Crippen LogP) is -1.28. The minimum Gasteiger partial charge on any atom is -0.428 e. The Balaban J connectivity index is 2.97. The normalized spacial score (nSPS) is 17.2. The van der Waals surface area contributed by atoms with E-state index < -0.39 is 77.8 Å². The molecule has 0 bridgehead atoms. The number of carbonyl (C=O) groups excluding carboxylic acids is 7. The zero-order valence-corrected chi connectivity index (χ0v) is 25.0. The minimum atomic E-state index is -1.65. The molecule has 5 amide bonds. The average molecular weight is 603 g/mol. The minimum absolute atomic E-state index is 0.0597. The van der Waals surface area contributed by atoms with Gasteiger partial charge in [0.05, 0.1) is 13.0 Å². The highest BCUT2D eigenvalue weighted by Gasteiger charge is 2.39. The van der Waals surface area contributed by atoms with Crippen molar-refractivity contribution < 1.29 is 43.0 Å². The van der Waals surface area contributed by atoms with Gasteiger partial charge in [0.2, 0.25) is 29.5 Å². The summed E-state index contributed by atoms with van der Waals surface area (Å²) < 4.78 is 9.48. The van der Waals surface area contributed by atoms with Crippen LogP contribution in [0.1, 0.15) is 60.3 Å². The van der Waals surface area contributed by atoms with E-state index in [0.29, 0.717) is 19.3 Å². The van der Waals surface area contributed by atoms with Gasteiger partial charge in [-0.05, 0) is 46.0 Å². The molecule has 16 heteroatoms. The first kappa shape index (κ1) is 35.6. The van der Waals surface area contributed by atoms with E-state index in [1.807, 2.05) is 13.8 Å². The number of esters is 1. The third kappa shape index (κ3) is 12.3. The Labute approximate surface area is 244 Å². The molecule has 0 aliphatic carbocycles. The van der Waals surface area contributed by atoms with Crippen LogP contribution in [0, 0.1) is 5.92 Å². The number of hydrogen-bond donors (Lipinski definition) is 6. The molecule has 4 atom stereocenters. The van der Waals surface area contributed by atoms with Gasteiger partial charge < -0.3 is 41.8 Å². The molecule has 1 rings (SSSR count). The highest BCUT2D eigenvalue weighted by Crippen LogP contribution is 2.21. The van der Waals surface area contributed by atoms with Crippen molar-refractivity contribution in [2.24, 2.45) is 17.4 Å². The molecule has 1 saturated heterocycles. The Hall–Kier alpha value is -3.40. The van der Waals surface area contributed by atoms with Crippen LogP contribution in [0.4, 0.5) is 4.79 Å². The van der Waals surface area contributed by atoms with Crippen molar-refractivity contribution >= 4 is 54.3 Å². The Morgan fingerprint density at radius 1 is 1.00 bits per heavy atom. The van der Waals surface area contributed by atoms with Gasteiger partial charge in [0.25, 0.3) is 0 Å². The largest absolute Gasteiger partial charge is 0.516 e. The number of amides is 5. The Bertz CT molecular complexity index is 1000. The van der Waals surface area contributed by atoms with Crippen molar-refractivity contribution in [3.63, 3.8) is 0 Å². The summed E-state index contributed by atoms with van der Waals surface area (Å²) in [6.07, 6.45) is -0.883. The van der Waals surface area contributed by atoms with Gasteiger partial charge >= 0.3 is 12.1 Å². The summed E-state index contributed by atoms with van der Waals surface area (Å²) in [6.45, 7) is 8.36. The second-order valence-corrected chi connectivity index (χ2v) is 11.4. The third-order valence-corrected chi connectivity index (χ3v) is 6.12. The van der Waals surface area contributed by atoms with Gasteiger partial charge in [-0.2, -0.15) is 12.6 Å². The van der Waals surface area contributed by atoms with E-state index in [4.69, 9.17) is 16.2 Å². The molecule has 232 valence electrons. The van der Waals surface area contributed by atoms with Crippen LogP contribution in [-0.4, -0.2) is 95.2 Å². The standard InChI is InChI=1S/C25H42N6O9S/c1-13(2)9-14(28-19(33)11-26)22(36)31-8-6-7-17(31)21(35)30-16(12-41)20(34)29-15(10-18(27)32)23(37)39-24(38)40-25(3,4)5/h13-17,41H,6-12,26H2,1-5H3,(H2,27,32)(H,28,33)(H,29,34)(H,30,35). The molecule has 0 aromatic carbocycles. The van der Waals surface area contributed by atoms with E-state index in [1.165, 1.54) is 4.90 Å². The molecule has 0 spiro atoms. The van der Waals surface area contributed by atoms with Crippen molar-refractivity contribution in [3.05, 3.63) is 0 Å². The zero-order chi connectivity index (χ0) is 31.5. The second kappa shape index (κ2) is 16.1.